The Balaban J connectivity index is 2.72. The first-order valence-electron chi connectivity index (χ1n) is 5.69. The second kappa shape index (κ2) is 6.96. The van der Waals surface area contributed by atoms with Gasteiger partial charge in [-0.15, -0.1) is 0 Å². The third kappa shape index (κ3) is 4.00. The maximum absolute atomic E-state index is 11.9. The van der Waals surface area contributed by atoms with Gasteiger partial charge < -0.3 is 10.4 Å². The number of nitrogens with zero attached hydrogens (tertiary/aromatic N) is 1. The summed E-state index contributed by atoms with van der Waals surface area (Å²) in [5, 5.41) is 11.7. The van der Waals surface area contributed by atoms with Crippen LogP contribution in [0.3, 0.4) is 0 Å². The van der Waals surface area contributed by atoms with Gasteiger partial charge >= 0.3 is 5.97 Å². The van der Waals surface area contributed by atoms with Gasteiger partial charge in [0.2, 0.25) is 0 Å². The zero-order valence-corrected chi connectivity index (χ0v) is 10.8. The maximum atomic E-state index is 11.9. The lowest BCUT2D eigenvalue weighted by atomic mass is 10.1. The molecule has 0 fully saturated rings. The summed E-state index contributed by atoms with van der Waals surface area (Å²) in [6.07, 6.45) is 4.79. The first-order chi connectivity index (χ1) is 8.56. The summed E-state index contributed by atoms with van der Waals surface area (Å²) in [4.78, 5) is 26.6. The van der Waals surface area contributed by atoms with Crippen LogP contribution in [0.2, 0.25) is 5.02 Å². The fourth-order valence-electron chi connectivity index (χ4n) is 1.46. The number of unbranched alkanes of at least 4 members (excludes halogenated alkanes) is 1. The van der Waals surface area contributed by atoms with Crippen LogP contribution in [0.25, 0.3) is 0 Å². The summed E-state index contributed by atoms with van der Waals surface area (Å²) in [7, 11) is 0. The van der Waals surface area contributed by atoms with Crippen LogP contribution in [0, 0.1) is 0 Å². The quantitative estimate of drug-likeness (QED) is 0.830. The van der Waals surface area contributed by atoms with Gasteiger partial charge in [-0.1, -0.05) is 31.4 Å². The number of hydrogen-bond acceptors (Lipinski definition) is 3. The molecule has 0 radical (unpaired) electrons. The third-order valence-electron chi connectivity index (χ3n) is 2.47. The number of carbonyl (C=O) groups excluding carboxylic acids is 1. The van der Waals surface area contributed by atoms with E-state index in [-0.39, 0.29) is 10.6 Å². The Labute approximate surface area is 110 Å². The van der Waals surface area contributed by atoms with E-state index >= 15 is 0 Å². The molecule has 1 aromatic heterocycles. The van der Waals surface area contributed by atoms with Crippen LogP contribution in [0.1, 0.15) is 36.5 Å². The summed E-state index contributed by atoms with van der Waals surface area (Å²) >= 11 is 5.82. The molecule has 0 aliphatic heterocycles. The monoisotopic (exact) mass is 270 g/mol. The van der Waals surface area contributed by atoms with Crippen molar-refractivity contribution < 1.29 is 14.7 Å². The van der Waals surface area contributed by atoms with E-state index in [1.807, 2.05) is 6.92 Å². The third-order valence-corrected chi connectivity index (χ3v) is 2.77. The molecule has 1 amide bonds. The van der Waals surface area contributed by atoms with Crippen LogP contribution >= 0.6 is 11.6 Å². The van der Waals surface area contributed by atoms with Crippen LogP contribution in [-0.2, 0) is 4.79 Å². The second-order valence-electron chi connectivity index (χ2n) is 3.86. The number of halogens is 1. The molecule has 0 saturated carbocycles. The van der Waals surface area contributed by atoms with Gasteiger partial charge in [-0.3, -0.25) is 9.78 Å². The molecule has 0 spiro atoms. The summed E-state index contributed by atoms with van der Waals surface area (Å²) in [6, 6.07) is 0.567. The zero-order valence-electron chi connectivity index (χ0n) is 10.0. The molecule has 0 bridgehead atoms. The van der Waals surface area contributed by atoms with Crippen molar-refractivity contribution in [3.8, 4) is 0 Å². The molecular formula is C12H15ClN2O3. The highest BCUT2D eigenvalue weighted by molar-refractivity contribution is 6.33. The molecule has 98 valence electrons. The van der Waals surface area contributed by atoms with E-state index in [2.05, 4.69) is 10.3 Å². The summed E-state index contributed by atoms with van der Waals surface area (Å²) < 4.78 is 0. The van der Waals surface area contributed by atoms with Crippen LogP contribution in [-0.4, -0.2) is 28.0 Å². The van der Waals surface area contributed by atoms with E-state index in [9.17, 15) is 9.59 Å². The predicted molar refractivity (Wildman–Crippen MR) is 67.7 cm³/mol. The average Bonchev–Trinajstić information content (AvgIpc) is 2.34. The number of aliphatic carboxylic acids is 1. The number of aromatic nitrogens is 1. The van der Waals surface area contributed by atoms with Crippen LogP contribution in [0.5, 0.6) is 0 Å². The summed E-state index contributed by atoms with van der Waals surface area (Å²) in [6.45, 7) is 1.96. The summed E-state index contributed by atoms with van der Waals surface area (Å²) in [5.41, 5.74) is 0.231. The maximum Gasteiger partial charge on any atom is 0.326 e. The highest BCUT2D eigenvalue weighted by Gasteiger charge is 2.21. The Hall–Kier alpha value is -1.62. The fourth-order valence-corrected chi connectivity index (χ4v) is 1.67. The average molecular weight is 271 g/mol. The molecule has 5 nitrogen and oxygen atoms in total. The number of carboxylic acids is 1. The standard InChI is InChI=1S/C12H15ClN2O3/c1-2-3-4-10(12(17)18)15-11(16)8-5-6-14-7-9(8)13/h5-7,10H,2-4H2,1H3,(H,15,16)(H,17,18)/t10-/m0/s1. The number of hydrogen-bond donors (Lipinski definition) is 2. The first-order valence-corrected chi connectivity index (χ1v) is 6.07. The molecule has 18 heavy (non-hydrogen) atoms. The van der Waals surface area contributed by atoms with Crippen LogP contribution in [0.4, 0.5) is 0 Å². The molecule has 2 N–H and O–H groups in total. The Bertz CT molecular complexity index is 437. The topological polar surface area (TPSA) is 79.3 Å². The van der Waals surface area contributed by atoms with Gasteiger partial charge in [-0.25, -0.2) is 4.79 Å². The minimum atomic E-state index is -1.04. The van der Waals surface area contributed by atoms with Crippen molar-refractivity contribution >= 4 is 23.5 Å². The van der Waals surface area contributed by atoms with Crippen molar-refractivity contribution in [2.45, 2.75) is 32.2 Å². The van der Waals surface area contributed by atoms with Crippen LogP contribution < -0.4 is 5.32 Å². The smallest absolute Gasteiger partial charge is 0.326 e. The lowest BCUT2D eigenvalue weighted by molar-refractivity contribution is -0.139. The van der Waals surface area contributed by atoms with Crippen molar-refractivity contribution in [1.29, 1.82) is 0 Å². The van der Waals surface area contributed by atoms with Gasteiger partial charge in [0, 0.05) is 12.4 Å². The number of amides is 1. The molecule has 0 unspecified atom stereocenters. The molecule has 1 aromatic rings. The van der Waals surface area contributed by atoms with Gasteiger partial charge in [0.1, 0.15) is 6.04 Å². The Morgan fingerprint density at radius 3 is 2.83 bits per heavy atom. The van der Waals surface area contributed by atoms with E-state index in [1.54, 1.807) is 0 Å². The molecule has 1 heterocycles. The number of carbonyl (C=O) groups is 2. The van der Waals surface area contributed by atoms with Crippen molar-refractivity contribution in [1.82, 2.24) is 10.3 Å². The van der Waals surface area contributed by atoms with Gasteiger partial charge in [-0.05, 0) is 12.5 Å². The van der Waals surface area contributed by atoms with Gasteiger partial charge in [-0.2, -0.15) is 0 Å². The minimum absolute atomic E-state index is 0.203. The molecule has 0 saturated heterocycles. The van der Waals surface area contributed by atoms with E-state index in [1.165, 1.54) is 18.5 Å². The normalized spacial score (nSPS) is 11.9. The molecule has 1 rings (SSSR count). The number of carboxylic acid groups (broad SMARTS) is 1. The summed E-state index contributed by atoms with van der Waals surface area (Å²) in [5.74, 6) is -1.53. The Morgan fingerprint density at radius 1 is 1.56 bits per heavy atom. The molecule has 0 aliphatic carbocycles. The number of pyridine rings is 1. The molecule has 1 atom stereocenters. The molecule has 6 heteroatoms. The lowest BCUT2D eigenvalue weighted by Gasteiger charge is -2.14. The highest BCUT2D eigenvalue weighted by Crippen LogP contribution is 2.13. The highest BCUT2D eigenvalue weighted by atomic mass is 35.5. The minimum Gasteiger partial charge on any atom is -0.480 e. The number of rotatable bonds is 6. The van der Waals surface area contributed by atoms with Crippen molar-refractivity contribution in [3.05, 3.63) is 29.0 Å². The largest absolute Gasteiger partial charge is 0.480 e. The van der Waals surface area contributed by atoms with Gasteiger partial charge in [0.15, 0.2) is 0 Å². The van der Waals surface area contributed by atoms with E-state index in [4.69, 9.17) is 16.7 Å². The SMILES string of the molecule is CCCC[C@H](NC(=O)c1ccncc1Cl)C(=O)O. The Morgan fingerprint density at radius 2 is 2.28 bits per heavy atom. The lowest BCUT2D eigenvalue weighted by Crippen LogP contribution is -2.40. The molecule has 0 aromatic carbocycles. The predicted octanol–water partition coefficient (Wildman–Crippen LogP) is 2.11. The Kier molecular flexibility index (Phi) is 5.58. The van der Waals surface area contributed by atoms with Gasteiger partial charge in [0.25, 0.3) is 5.91 Å². The van der Waals surface area contributed by atoms with Crippen molar-refractivity contribution in [2.24, 2.45) is 0 Å². The zero-order chi connectivity index (χ0) is 13.5. The fraction of sp³-hybridized carbons (Fsp3) is 0.417. The van der Waals surface area contributed by atoms with Crippen molar-refractivity contribution in [3.63, 3.8) is 0 Å². The van der Waals surface area contributed by atoms with E-state index in [0.717, 1.165) is 12.8 Å². The van der Waals surface area contributed by atoms with Crippen molar-refractivity contribution in [2.75, 3.05) is 0 Å². The number of nitrogens with one attached hydrogen (secondary N) is 1. The second-order valence-corrected chi connectivity index (χ2v) is 4.27. The van der Waals surface area contributed by atoms with E-state index in [0.29, 0.717) is 6.42 Å². The molecule has 0 aliphatic rings. The molecular weight excluding hydrogens is 256 g/mol. The first kappa shape index (κ1) is 14.4. The van der Waals surface area contributed by atoms with E-state index < -0.39 is 17.9 Å². The van der Waals surface area contributed by atoms with Gasteiger partial charge in [0.05, 0.1) is 10.6 Å². The van der Waals surface area contributed by atoms with Crippen LogP contribution in [0.15, 0.2) is 18.5 Å².